The molecule has 0 bridgehead atoms. The molecule has 1 unspecified atom stereocenters. The van der Waals surface area contributed by atoms with Crippen molar-refractivity contribution >= 4 is 33.2 Å². The van der Waals surface area contributed by atoms with Gasteiger partial charge in [-0.15, -0.1) is 0 Å². The van der Waals surface area contributed by atoms with Gasteiger partial charge < -0.3 is 10.2 Å². The molecule has 172 valence electrons. The Morgan fingerprint density at radius 1 is 0.879 bits per heavy atom. The standard InChI is InChI=1S/C26H29N3O2S2/c1-20(22-11-12-26-24(19-22)27-23-9-5-6-10-25(23)32-26)33(30,31)29-17-15-28(16-18-29)14-13-21-7-3-2-4-8-21/h2-12,19-20,27H,13-18H2,1H3. The molecule has 3 aromatic rings. The fourth-order valence-corrected chi connectivity index (χ4v) is 7.02. The Morgan fingerprint density at radius 3 is 2.36 bits per heavy atom. The summed E-state index contributed by atoms with van der Waals surface area (Å²) in [6.07, 6.45) is 0.993. The monoisotopic (exact) mass is 479 g/mol. The molecular formula is C26H29N3O2S2. The normalized spacial score (nSPS) is 17.6. The Labute approximate surface area is 200 Å². The van der Waals surface area contributed by atoms with E-state index in [1.165, 1.54) is 10.5 Å². The van der Waals surface area contributed by atoms with Crippen LogP contribution < -0.4 is 5.32 Å². The smallest absolute Gasteiger partial charge is 0.220 e. The van der Waals surface area contributed by atoms with E-state index in [2.05, 4.69) is 46.6 Å². The van der Waals surface area contributed by atoms with Crippen LogP contribution in [0.5, 0.6) is 0 Å². The van der Waals surface area contributed by atoms with Crippen molar-refractivity contribution < 1.29 is 8.42 Å². The number of nitrogens with one attached hydrogen (secondary N) is 1. The number of para-hydroxylation sites is 1. The average molecular weight is 480 g/mol. The van der Waals surface area contributed by atoms with Crippen molar-refractivity contribution in [1.82, 2.24) is 9.21 Å². The van der Waals surface area contributed by atoms with Crippen LogP contribution >= 0.6 is 11.8 Å². The average Bonchev–Trinajstić information content (AvgIpc) is 2.86. The number of sulfonamides is 1. The molecule has 1 N–H and O–H groups in total. The first kappa shape index (κ1) is 22.5. The highest BCUT2D eigenvalue weighted by atomic mass is 32.2. The van der Waals surface area contributed by atoms with Gasteiger partial charge in [-0.1, -0.05) is 60.3 Å². The number of rotatable bonds is 6. The molecule has 7 heteroatoms. The van der Waals surface area contributed by atoms with E-state index < -0.39 is 15.3 Å². The lowest BCUT2D eigenvalue weighted by Gasteiger charge is -2.35. The van der Waals surface area contributed by atoms with E-state index in [0.717, 1.165) is 47.9 Å². The van der Waals surface area contributed by atoms with Crippen LogP contribution in [0.2, 0.25) is 0 Å². The molecular weight excluding hydrogens is 450 g/mol. The molecule has 1 atom stereocenters. The molecule has 0 amide bonds. The van der Waals surface area contributed by atoms with Gasteiger partial charge in [0.05, 0.1) is 16.6 Å². The highest BCUT2D eigenvalue weighted by Gasteiger charge is 2.33. The SMILES string of the molecule is CC(c1ccc2c(c1)Nc1ccccc1S2)S(=O)(=O)N1CCN(CCc2ccccc2)CC1. The van der Waals surface area contributed by atoms with E-state index in [1.807, 2.05) is 43.3 Å². The lowest BCUT2D eigenvalue weighted by atomic mass is 10.1. The van der Waals surface area contributed by atoms with Gasteiger partial charge in [-0.05, 0) is 48.7 Å². The fourth-order valence-electron chi connectivity index (χ4n) is 4.44. The zero-order valence-electron chi connectivity index (χ0n) is 18.8. The minimum Gasteiger partial charge on any atom is -0.354 e. The van der Waals surface area contributed by atoms with Crippen molar-refractivity contribution in [1.29, 1.82) is 0 Å². The van der Waals surface area contributed by atoms with Crippen LogP contribution in [0.25, 0.3) is 0 Å². The summed E-state index contributed by atoms with van der Waals surface area (Å²) >= 11 is 1.71. The first-order chi connectivity index (χ1) is 16.0. The molecule has 2 heterocycles. The summed E-state index contributed by atoms with van der Waals surface area (Å²) in [6.45, 7) is 5.42. The Morgan fingerprint density at radius 2 is 1.58 bits per heavy atom. The molecule has 2 aliphatic heterocycles. The van der Waals surface area contributed by atoms with Crippen molar-refractivity contribution in [3.63, 3.8) is 0 Å². The summed E-state index contributed by atoms with van der Waals surface area (Å²) in [6, 6.07) is 24.6. The predicted octanol–water partition coefficient (Wildman–Crippen LogP) is 5.15. The number of piperazine rings is 1. The van der Waals surface area contributed by atoms with Crippen LogP contribution in [-0.4, -0.2) is 50.3 Å². The van der Waals surface area contributed by atoms with Gasteiger partial charge in [-0.25, -0.2) is 8.42 Å². The van der Waals surface area contributed by atoms with Crippen LogP contribution in [-0.2, 0) is 16.4 Å². The van der Waals surface area contributed by atoms with Gasteiger partial charge in [0.1, 0.15) is 0 Å². The van der Waals surface area contributed by atoms with Crippen molar-refractivity contribution in [2.45, 2.75) is 28.4 Å². The van der Waals surface area contributed by atoms with E-state index in [9.17, 15) is 8.42 Å². The first-order valence-electron chi connectivity index (χ1n) is 11.4. The molecule has 33 heavy (non-hydrogen) atoms. The van der Waals surface area contributed by atoms with Crippen molar-refractivity contribution in [2.24, 2.45) is 0 Å². The number of fused-ring (bicyclic) bond motifs is 2. The zero-order valence-corrected chi connectivity index (χ0v) is 20.4. The zero-order chi connectivity index (χ0) is 22.8. The van der Waals surface area contributed by atoms with E-state index in [0.29, 0.717) is 13.1 Å². The van der Waals surface area contributed by atoms with Gasteiger partial charge >= 0.3 is 0 Å². The number of hydrogen-bond acceptors (Lipinski definition) is 5. The van der Waals surface area contributed by atoms with Crippen LogP contribution in [0, 0.1) is 0 Å². The molecule has 1 fully saturated rings. The molecule has 0 aromatic heterocycles. The highest BCUT2D eigenvalue weighted by molar-refractivity contribution is 7.99. The fraction of sp³-hybridized carbons (Fsp3) is 0.308. The van der Waals surface area contributed by atoms with Gasteiger partial charge in [0.2, 0.25) is 10.0 Å². The Kier molecular flexibility index (Phi) is 6.47. The number of anilines is 2. The molecule has 3 aromatic carbocycles. The van der Waals surface area contributed by atoms with Crippen LogP contribution in [0.1, 0.15) is 23.3 Å². The maximum absolute atomic E-state index is 13.4. The minimum atomic E-state index is -3.42. The summed E-state index contributed by atoms with van der Waals surface area (Å²) < 4.78 is 28.5. The third-order valence-corrected chi connectivity index (χ3v) is 9.95. The maximum Gasteiger partial charge on any atom is 0.220 e. The lowest BCUT2D eigenvalue weighted by molar-refractivity contribution is 0.189. The van der Waals surface area contributed by atoms with Crippen molar-refractivity contribution in [3.8, 4) is 0 Å². The number of benzene rings is 3. The molecule has 0 radical (unpaired) electrons. The van der Waals surface area contributed by atoms with Crippen LogP contribution in [0.15, 0.2) is 82.6 Å². The Hall–Kier alpha value is -2.32. The quantitative estimate of drug-likeness (QED) is 0.415. The molecule has 5 nitrogen and oxygen atoms in total. The number of hydrogen-bond donors (Lipinski definition) is 1. The van der Waals surface area contributed by atoms with Gasteiger partial charge in [-0.2, -0.15) is 4.31 Å². The van der Waals surface area contributed by atoms with Gasteiger partial charge in [0.15, 0.2) is 0 Å². The van der Waals surface area contributed by atoms with Gasteiger partial charge in [0.25, 0.3) is 0 Å². The molecule has 5 rings (SSSR count). The second-order valence-electron chi connectivity index (χ2n) is 8.64. The first-order valence-corrected chi connectivity index (χ1v) is 13.8. The topological polar surface area (TPSA) is 52.7 Å². The second-order valence-corrected chi connectivity index (χ2v) is 12.0. The van der Waals surface area contributed by atoms with Gasteiger partial charge in [0, 0.05) is 42.5 Å². The van der Waals surface area contributed by atoms with Gasteiger partial charge in [-0.3, -0.25) is 0 Å². The summed E-state index contributed by atoms with van der Waals surface area (Å²) in [7, 11) is -3.42. The molecule has 1 saturated heterocycles. The van der Waals surface area contributed by atoms with Crippen molar-refractivity contribution in [2.75, 3.05) is 38.0 Å². The highest BCUT2D eigenvalue weighted by Crippen LogP contribution is 2.45. The van der Waals surface area contributed by atoms with Crippen LogP contribution in [0.3, 0.4) is 0 Å². The molecule has 0 spiro atoms. The Balaban J connectivity index is 1.22. The third kappa shape index (κ3) is 4.82. The Bertz CT molecular complexity index is 1220. The summed E-state index contributed by atoms with van der Waals surface area (Å²) in [5, 5.41) is 2.88. The predicted molar refractivity (Wildman–Crippen MR) is 136 cm³/mol. The summed E-state index contributed by atoms with van der Waals surface area (Å²) in [4.78, 5) is 4.67. The third-order valence-electron chi connectivity index (χ3n) is 6.55. The maximum atomic E-state index is 13.4. The lowest BCUT2D eigenvalue weighted by Crippen LogP contribution is -2.49. The molecule has 0 saturated carbocycles. The van der Waals surface area contributed by atoms with E-state index in [4.69, 9.17) is 0 Å². The number of nitrogens with zero attached hydrogens (tertiary/aromatic N) is 2. The second kappa shape index (κ2) is 9.50. The minimum absolute atomic E-state index is 0.549. The van der Waals surface area contributed by atoms with Crippen molar-refractivity contribution in [3.05, 3.63) is 83.9 Å². The van der Waals surface area contributed by atoms with E-state index in [1.54, 1.807) is 16.1 Å². The summed E-state index contributed by atoms with van der Waals surface area (Å²) in [5.74, 6) is 0. The van der Waals surface area contributed by atoms with E-state index >= 15 is 0 Å². The van der Waals surface area contributed by atoms with Crippen LogP contribution in [0.4, 0.5) is 11.4 Å². The van der Waals surface area contributed by atoms with E-state index in [-0.39, 0.29) is 0 Å². The summed E-state index contributed by atoms with van der Waals surface area (Å²) in [5.41, 5.74) is 4.19. The molecule has 0 aliphatic carbocycles. The largest absolute Gasteiger partial charge is 0.354 e. The molecule has 2 aliphatic rings.